The summed E-state index contributed by atoms with van der Waals surface area (Å²) in [5.74, 6) is 0.670. The third-order valence-electron chi connectivity index (χ3n) is 2.51. The van der Waals surface area contributed by atoms with Crippen molar-refractivity contribution >= 4 is 23.2 Å². The van der Waals surface area contributed by atoms with Crippen molar-refractivity contribution < 1.29 is 9.47 Å². The number of rotatable bonds is 7. The molecular weight excluding hydrogens is 285 g/mol. The number of benzene rings is 1. The van der Waals surface area contributed by atoms with Gasteiger partial charge in [0, 0.05) is 30.3 Å². The number of hydrogen-bond acceptors (Lipinski definition) is 3. The monoisotopic (exact) mass is 305 g/mol. The maximum Gasteiger partial charge on any atom is 0.143 e. The van der Waals surface area contributed by atoms with Gasteiger partial charge in [-0.1, -0.05) is 37.0 Å². The molecule has 0 amide bonds. The van der Waals surface area contributed by atoms with Crippen LogP contribution in [0.2, 0.25) is 10.0 Å². The van der Waals surface area contributed by atoms with E-state index in [1.54, 1.807) is 13.2 Å². The highest BCUT2D eigenvalue weighted by Crippen LogP contribution is 2.33. The molecule has 0 bridgehead atoms. The van der Waals surface area contributed by atoms with E-state index in [2.05, 4.69) is 19.2 Å². The molecule has 0 aromatic heterocycles. The summed E-state index contributed by atoms with van der Waals surface area (Å²) in [6, 6.07) is 3.94. The van der Waals surface area contributed by atoms with Gasteiger partial charge in [-0.25, -0.2) is 0 Å². The third-order valence-corrected chi connectivity index (χ3v) is 3.01. The van der Waals surface area contributed by atoms with E-state index in [9.17, 15) is 0 Å². The Bertz CT molecular complexity index is 411. The summed E-state index contributed by atoms with van der Waals surface area (Å²) < 4.78 is 10.9. The number of halogens is 2. The van der Waals surface area contributed by atoms with Crippen LogP contribution in [0.15, 0.2) is 12.1 Å². The number of ether oxygens (including phenoxy) is 2. The van der Waals surface area contributed by atoms with Crippen LogP contribution in [0, 0.1) is 0 Å². The minimum absolute atomic E-state index is 0.0681. The molecule has 0 aliphatic carbocycles. The predicted octanol–water partition coefficient (Wildman–Crippen LogP) is 3.91. The highest BCUT2D eigenvalue weighted by Gasteiger charge is 2.14. The lowest BCUT2D eigenvalue weighted by atomic mass is 10.2. The molecule has 1 aromatic rings. The molecule has 0 heterocycles. The van der Waals surface area contributed by atoms with Crippen LogP contribution in [0.1, 0.15) is 26.3 Å². The van der Waals surface area contributed by atoms with Crippen LogP contribution in [-0.2, 0) is 11.3 Å². The number of methoxy groups -OCH3 is 1. The Hall–Kier alpha value is -0.480. The Balaban J connectivity index is 2.92. The standard InChI is InChI=1S/C14H21Cl2NO2/c1-9(2)17-7-11-5-12(15)6-13(16)14(11)19-10(3)8-18-4/h5-6,9-10,17H,7-8H2,1-4H3. The van der Waals surface area contributed by atoms with Crippen LogP contribution in [0.4, 0.5) is 0 Å². The molecule has 0 spiro atoms. The average Bonchev–Trinajstić information content (AvgIpc) is 2.30. The van der Waals surface area contributed by atoms with E-state index in [0.29, 0.717) is 35.0 Å². The molecular formula is C14H21Cl2NO2. The molecule has 0 radical (unpaired) electrons. The summed E-state index contributed by atoms with van der Waals surface area (Å²) in [6.45, 7) is 7.28. The highest BCUT2D eigenvalue weighted by atomic mass is 35.5. The maximum atomic E-state index is 6.22. The van der Waals surface area contributed by atoms with Gasteiger partial charge >= 0.3 is 0 Å². The van der Waals surface area contributed by atoms with Crippen LogP contribution in [-0.4, -0.2) is 25.9 Å². The first-order valence-corrected chi connectivity index (χ1v) is 7.06. The van der Waals surface area contributed by atoms with Crippen LogP contribution < -0.4 is 10.1 Å². The van der Waals surface area contributed by atoms with Crippen LogP contribution in [0.3, 0.4) is 0 Å². The van der Waals surface area contributed by atoms with Gasteiger partial charge in [0.05, 0.1) is 11.6 Å². The summed E-state index contributed by atoms with van der Waals surface area (Å²) in [5, 5.41) is 4.47. The summed E-state index contributed by atoms with van der Waals surface area (Å²) in [7, 11) is 1.64. The van der Waals surface area contributed by atoms with E-state index in [1.165, 1.54) is 0 Å². The van der Waals surface area contributed by atoms with E-state index in [0.717, 1.165) is 5.56 Å². The highest BCUT2D eigenvalue weighted by molar-refractivity contribution is 6.35. The van der Waals surface area contributed by atoms with Crippen molar-refractivity contribution in [1.29, 1.82) is 0 Å². The minimum atomic E-state index is -0.0681. The van der Waals surface area contributed by atoms with Crippen LogP contribution in [0.5, 0.6) is 5.75 Å². The molecule has 1 unspecified atom stereocenters. The number of hydrogen-bond donors (Lipinski definition) is 1. The Morgan fingerprint density at radius 3 is 2.47 bits per heavy atom. The van der Waals surface area contributed by atoms with Gasteiger partial charge in [0.2, 0.25) is 0 Å². The first-order valence-electron chi connectivity index (χ1n) is 6.31. The first-order chi connectivity index (χ1) is 8.93. The molecule has 19 heavy (non-hydrogen) atoms. The summed E-state index contributed by atoms with van der Waals surface area (Å²) >= 11 is 12.3. The first kappa shape index (κ1) is 16.6. The Kier molecular flexibility index (Phi) is 6.94. The fourth-order valence-electron chi connectivity index (χ4n) is 1.66. The average molecular weight is 306 g/mol. The van der Waals surface area contributed by atoms with E-state index in [4.69, 9.17) is 32.7 Å². The second-order valence-corrected chi connectivity index (χ2v) is 5.64. The lowest BCUT2D eigenvalue weighted by Crippen LogP contribution is -2.24. The van der Waals surface area contributed by atoms with Gasteiger partial charge < -0.3 is 14.8 Å². The summed E-state index contributed by atoms with van der Waals surface area (Å²) in [4.78, 5) is 0. The van der Waals surface area contributed by atoms with Crippen molar-refractivity contribution in [3.05, 3.63) is 27.7 Å². The largest absolute Gasteiger partial charge is 0.486 e. The smallest absolute Gasteiger partial charge is 0.143 e. The zero-order valence-corrected chi connectivity index (χ0v) is 13.3. The molecule has 0 saturated carbocycles. The van der Waals surface area contributed by atoms with E-state index in [1.807, 2.05) is 13.0 Å². The molecule has 3 nitrogen and oxygen atoms in total. The van der Waals surface area contributed by atoms with E-state index >= 15 is 0 Å². The van der Waals surface area contributed by atoms with Gasteiger partial charge in [0.15, 0.2) is 0 Å². The van der Waals surface area contributed by atoms with Gasteiger partial charge in [0.25, 0.3) is 0 Å². The normalized spacial score (nSPS) is 12.8. The van der Waals surface area contributed by atoms with Gasteiger partial charge in [-0.05, 0) is 19.1 Å². The molecule has 5 heteroatoms. The van der Waals surface area contributed by atoms with Gasteiger partial charge in [-0.15, -0.1) is 0 Å². The summed E-state index contributed by atoms with van der Waals surface area (Å²) in [5.41, 5.74) is 0.953. The fourth-order valence-corrected chi connectivity index (χ4v) is 2.24. The van der Waals surface area contributed by atoms with Crippen molar-refractivity contribution in [2.45, 2.75) is 39.5 Å². The zero-order valence-electron chi connectivity index (χ0n) is 11.8. The molecule has 1 rings (SSSR count). The van der Waals surface area contributed by atoms with Crippen molar-refractivity contribution in [2.75, 3.05) is 13.7 Å². The van der Waals surface area contributed by atoms with Crippen molar-refractivity contribution in [2.24, 2.45) is 0 Å². The SMILES string of the molecule is COCC(C)Oc1c(Cl)cc(Cl)cc1CNC(C)C. The van der Waals surface area contributed by atoms with Gasteiger partial charge in [-0.3, -0.25) is 0 Å². The fraction of sp³-hybridized carbons (Fsp3) is 0.571. The zero-order chi connectivity index (χ0) is 14.4. The molecule has 0 saturated heterocycles. The summed E-state index contributed by atoms with van der Waals surface area (Å²) in [6.07, 6.45) is -0.0681. The quantitative estimate of drug-likeness (QED) is 0.828. The maximum absolute atomic E-state index is 6.22. The lowest BCUT2D eigenvalue weighted by molar-refractivity contribution is 0.0914. The lowest BCUT2D eigenvalue weighted by Gasteiger charge is -2.19. The number of nitrogens with one attached hydrogen (secondary N) is 1. The minimum Gasteiger partial charge on any atom is -0.486 e. The topological polar surface area (TPSA) is 30.5 Å². The Labute approximate surface area is 125 Å². The molecule has 1 atom stereocenters. The van der Waals surface area contributed by atoms with E-state index in [-0.39, 0.29) is 6.10 Å². The Morgan fingerprint density at radius 1 is 1.21 bits per heavy atom. The van der Waals surface area contributed by atoms with Crippen LogP contribution in [0.25, 0.3) is 0 Å². The van der Waals surface area contributed by atoms with Gasteiger partial charge in [-0.2, -0.15) is 0 Å². The molecule has 0 fully saturated rings. The van der Waals surface area contributed by atoms with Gasteiger partial charge in [0.1, 0.15) is 11.9 Å². The predicted molar refractivity (Wildman–Crippen MR) is 80.4 cm³/mol. The molecule has 1 N–H and O–H groups in total. The second kappa shape index (κ2) is 7.95. The molecule has 108 valence electrons. The molecule has 0 aliphatic heterocycles. The van der Waals surface area contributed by atoms with Crippen molar-refractivity contribution in [3.8, 4) is 5.75 Å². The van der Waals surface area contributed by atoms with Crippen LogP contribution >= 0.6 is 23.2 Å². The van der Waals surface area contributed by atoms with Crippen molar-refractivity contribution in [3.63, 3.8) is 0 Å². The second-order valence-electron chi connectivity index (χ2n) is 4.80. The Morgan fingerprint density at radius 2 is 1.89 bits per heavy atom. The molecule has 1 aromatic carbocycles. The molecule has 0 aliphatic rings. The van der Waals surface area contributed by atoms with E-state index < -0.39 is 0 Å². The third kappa shape index (κ3) is 5.57. The van der Waals surface area contributed by atoms with Crippen molar-refractivity contribution in [1.82, 2.24) is 5.32 Å².